The maximum atomic E-state index is 5.45. The maximum Gasteiger partial charge on any atom is 0.120 e. The predicted molar refractivity (Wildman–Crippen MR) is 70.8 cm³/mol. The smallest absolute Gasteiger partial charge is 0.120 e. The third kappa shape index (κ3) is 3.35. The number of furan rings is 1. The Morgan fingerprint density at radius 2 is 2.18 bits per heavy atom. The lowest BCUT2D eigenvalue weighted by Crippen LogP contribution is -2.41. The highest BCUT2D eigenvalue weighted by molar-refractivity contribution is 5.04. The van der Waals surface area contributed by atoms with Gasteiger partial charge in [-0.05, 0) is 49.7 Å². The van der Waals surface area contributed by atoms with E-state index in [0.29, 0.717) is 17.5 Å². The van der Waals surface area contributed by atoms with Crippen molar-refractivity contribution in [1.82, 2.24) is 5.32 Å². The standard InChI is InChI=1S/C15H25NO/c1-11-8-13(10-15(3,4)9-11)16-12(2)14-6-5-7-17-14/h5-7,11-13,16H,8-10H2,1-4H3. The van der Waals surface area contributed by atoms with Gasteiger partial charge in [0.15, 0.2) is 0 Å². The normalized spacial score (nSPS) is 30.1. The molecule has 1 heterocycles. The van der Waals surface area contributed by atoms with Gasteiger partial charge in [-0.3, -0.25) is 0 Å². The average Bonchev–Trinajstić information content (AvgIpc) is 2.65. The van der Waals surface area contributed by atoms with Crippen molar-refractivity contribution >= 4 is 0 Å². The lowest BCUT2D eigenvalue weighted by Gasteiger charge is -2.40. The Morgan fingerprint density at radius 3 is 2.76 bits per heavy atom. The van der Waals surface area contributed by atoms with E-state index in [1.54, 1.807) is 6.26 Å². The zero-order chi connectivity index (χ0) is 12.5. The Bertz CT molecular complexity index is 342. The first-order chi connectivity index (χ1) is 7.96. The maximum absolute atomic E-state index is 5.45. The summed E-state index contributed by atoms with van der Waals surface area (Å²) < 4.78 is 5.45. The summed E-state index contributed by atoms with van der Waals surface area (Å²) in [5, 5.41) is 3.71. The Labute approximate surface area is 105 Å². The molecule has 0 saturated heterocycles. The fraction of sp³-hybridized carbons (Fsp3) is 0.733. The van der Waals surface area contributed by atoms with Crippen molar-refractivity contribution in [3.05, 3.63) is 24.2 Å². The molecule has 2 heteroatoms. The molecule has 3 unspecified atom stereocenters. The fourth-order valence-corrected chi connectivity index (χ4v) is 3.45. The monoisotopic (exact) mass is 235 g/mol. The second-order valence-corrected chi connectivity index (χ2v) is 6.51. The largest absolute Gasteiger partial charge is 0.468 e. The molecule has 2 nitrogen and oxygen atoms in total. The van der Waals surface area contributed by atoms with Crippen LogP contribution in [0.5, 0.6) is 0 Å². The van der Waals surface area contributed by atoms with Crippen LogP contribution in [-0.4, -0.2) is 6.04 Å². The van der Waals surface area contributed by atoms with Crippen LogP contribution >= 0.6 is 0 Å². The van der Waals surface area contributed by atoms with Crippen molar-refractivity contribution in [3.8, 4) is 0 Å². The molecule has 96 valence electrons. The van der Waals surface area contributed by atoms with Crippen molar-refractivity contribution in [2.45, 2.75) is 59.0 Å². The summed E-state index contributed by atoms with van der Waals surface area (Å²) in [5.74, 6) is 1.86. The van der Waals surface area contributed by atoms with Gasteiger partial charge in [0, 0.05) is 6.04 Å². The number of hydrogen-bond donors (Lipinski definition) is 1. The van der Waals surface area contributed by atoms with Gasteiger partial charge in [-0.15, -0.1) is 0 Å². The molecule has 0 aromatic carbocycles. The molecule has 0 amide bonds. The Hall–Kier alpha value is -0.760. The quantitative estimate of drug-likeness (QED) is 0.851. The van der Waals surface area contributed by atoms with Gasteiger partial charge in [0.25, 0.3) is 0 Å². The van der Waals surface area contributed by atoms with Crippen LogP contribution in [0.4, 0.5) is 0 Å². The first-order valence-corrected chi connectivity index (χ1v) is 6.76. The van der Waals surface area contributed by atoms with E-state index in [4.69, 9.17) is 4.42 Å². The van der Waals surface area contributed by atoms with Crippen LogP contribution in [-0.2, 0) is 0 Å². The van der Waals surface area contributed by atoms with Crippen molar-refractivity contribution in [2.24, 2.45) is 11.3 Å². The minimum Gasteiger partial charge on any atom is -0.468 e. The molecule has 1 aliphatic rings. The highest BCUT2D eigenvalue weighted by Gasteiger charge is 2.32. The zero-order valence-electron chi connectivity index (χ0n) is 11.5. The second-order valence-electron chi connectivity index (χ2n) is 6.51. The average molecular weight is 235 g/mol. The Balaban J connectivity index is 1.94. The lowest BCUT2D eigenvalue weighted by molar-refractivity contribution is 0.143. The van der Waals surface area contributed by atoms with Gasteiger partial charge in [0.05, 0.1) is 12.3 Å². The molecule has 17 heavy (non-hydrogen) atoms. The van der Waals surface area contributed by atoms with Gasteiger partial charge >= 0.3 is 0 Å². The van der Waals surface area contributed by atoms with Gasteiger partial charge < -0.3 is 9.73 Å². The summed E-state index contributed by atoms with van der Waals surface area (Å²) in [6, 6.07) is 4.95. The van der Waals surface area contributed by atoms with Crippen LogP contribution in [0, 0.1) is 11.3 Å². The molecule has 0 radical (unpaired) electrons. The van der Waals surface area contributed by atoms with Gasteiger partial charge in [-0.25, -0.2) is 0 Å². The summed E-state index contributed by atoms with van der Waals surface area (Å²) in [7, 11) is 0. The number of rotatable bonds is 3. The topological polar surface area (TPSA) is 25.2 Å². The van der Waals surface area contributed by atoms with Crippen LogP contribution in [0.1, 0.15) is 58.8 Å². The predicted octanol–water partition coefficient (Wildman–Crippen LogP) is 4.15. The molecule has 2 rings (SSSR count). The van der Waals surface area contributed by atoms with Gasteiger partial charge in [-0.2, -0.15) is 0 Å². The number of nitrogens with one attached hydrogen (secondary N) is 1. The molecule has 1 aliphatic carbocycles. The van der Waals surface area contributed by atoms with E-state index >= 15 is 0 Å². The van der Waals surface area contributed by atoms with Crippen LogP contribution in [0.25, 0.3) is 0 Å². The summed E-state index contributed by atoms with van der Waals surface area (Å²) in [4.78, 5) is 0. The number of hydrogen-bond acceptors (Lipinski definition) is 2. The van der Waals surface area contributed by atoms with E-state index in [1.807, 2.05) is 6.07 Å². The minimum atomic E-state index is 0.316. The summed E-state index contributed by atoms with van der Waals surface area (Å²) in [5.41, 5.74) is 0.470. The molecule has 3 atom stereocenters. The van der Waals surface area contributed by atoms with Crippen molar-refractivity contribution in [3.63, 3.8) is 0 Å². The van der Waals surface area contributed by atoms with E-state index in [0.717, 1.165) is 11.7 Å². The summed E-state index contributed by atoms with van der Waals surface area (Å²) >= 11 is 0. The van der Waals surface area contributed by atoms with E-state index < -0.39 is 0 Å². The first-order valence-electron chi connectivity index (χ1n) is 6.76. The summed E-state index contributed by atoms with van der Waals surface area (Å²) in [6.07, 6.45) is 5.65. The molecule has 1 aromatic heterocycles. The van der Waals surface area contributed by atoms with E-state index in [-0.39, 0.29) is 0 Å². The molecular weight excluding hydrogens is 210 g/mol. The van der Waals surface area contributed by atoms with E-state index in [1.165, 1.54) is 19.3 Å². The third-order valence-corrected chi connectivity index (χ3v) is 3.84. The van der Waals surface area contributed by atoms with Crippen LogP contribution in [0.2, 0.25) is 0 Å². The first kappa shape index (κ1) is 12.7. The highest BCUT2D eigenvalue weighted by Crippen LogP contribution is 2.39. The van der Waals surface area contributed by atoms with Crippen LogP contribution in [0.15, 0.2) is 22.8 Å². The fourth-order valence-electron chi connectivity index (χ4n) is 3.45. The lowest BCUT2D eigenvalue weighted by atomic mass is 9.70. The Kier molecular flexibility index (Phi) is 3.62. The zero-order valence-corrected chi connectivity index (χ0v) is 11.5. The molecule has 0 bridgehead atoms. The van der Waals surface area contributed by atoms with Crippen molar-refractivity contribution < 1.29 is 4.42 Å². The van der Waals surface area contributed by atoms with Crippen LogP contribution in [0.3, 0.4) is 0 Å². The Morgan fingerprint density at radius 1 is 1.41 bits per heavy atom. The van der Waals surface area contributed by atoms with Gasteiger partial charge in [0.1, 0.15) is 5.76 Å². The molecular formula is C15H25NO. The SMILES string of the molecule is CC1CC(NC(C)c2ccco2)CC(C)(C)C1. The summed E-state index contributed by atoms with van der Waals surface area (Å²) in [6.45, 7) is 9.32. The molecule has 1 aromatic rings. The minimum absolute atomic E-state index is 0.316. The molecule has 0 aliphatic heterocycles. The van der Waals surface area contributed by atoms with Gasteiger partial charge in [-0.1, -0.05) is 20.8 Å². The highest BCUT2D eigenvalue weighted by atomic mass is 16.3. The van der Waals surface area contributed by atoms with Gasteiger partial charge in [0.2, 0.25) is 0 Å². The van der Waals surface area contributed by atoms with Crippen molar-refractivity contribution in [2.75, 3.05) is 0 Å². The van der Waals surface area contributed by atoms with Crippen LogP contribution < -0.4 is 5.32 Å². The van der Waals surface area contributed by atoms with E-state index in [9.17, 15) is 0 Å². The third-order valence-electron chi connectivity index (χ3n) is 3.84. The van der Waals surface area contributed by atoms with E-state index in [2.05, 4.69) is 39.1 Å². The van der Waals surface area contributed by atoms with Crippen molar-refractivity contribution in [1.29, 1.82) is 0 Å². The second kappa shape index (κ2) is 4.85. The molecule has 1 N–H and O–H groups in total. The molecule has 1 saturated carbocycles. The molecule has 1 fully saturated rings. The molecule has 0 spiro atoms.